The predicted molar refractivity (Wildman–Crippen MR) is 85.0 cm³/mol. The van der Waals surface area contributed by atoms with Crippen molar-refractivity contribution in [1.82, 2.24) is 25.0 Å². The Bertz CT molecular complexity index is 485. The van der Waals surface area contributed by atoms with Gasteiger partial charge in [0.05, 0.1) is 12.6 Å². The van der Waals surface area contributed by atoms with E-state index in [1.54, 1.807) is 0 Å². The van der Waals surface area contributed by atoms with E-state index < -0.39 is 0 Å². The third-order valence-corrected chi connectivity index (χ3v) is 3.97. The fraction of sp³-hybridized carbons (Fsp3) is 0.769. The molecule has 0 saturated carbocycles. The van der Waals surface area contributed by atoms with E-state index in [4.69, 9.17) is 0 Å². The van der Waals surface area contributed by atoms with E-state index >= 15 is 0 Å². The molecule has 1 atom stereocenters. The summed E-state index contributed by atoms with van der Waals surface area (Å²) in [5.74, 6) is 2.54. The van der Waals surface area contributed by atoms with Crippen molar-refractivity contribution >= 4 is 30.7 Å². The number of hydrogen-bond donors (Lipinski definition) is 1. The van der Waals surface area contributed by atoms with Crippen molar-refractivity contribution in [2.24, 2.45) is 0 Å². The number of hydrogen-bond acceptors (Lipinski definition) is 4. The Balaban J connectivity index is 0.00000110. The first-order valence-electron chi connectivity index (χ1n) is 7.11. The number of amides is 1. The maximum Gasteiger partial charge on any atom is 0.240 e. The third kappa shape index (κ3) is 3.49. The lowest BCUT2D eigenvalue weighted by Gasteiger charge is -2.30. The van der Waals surface area contributed by atoms with Gasteiger partial charge in [-0.25, -0.2) is 0 Å². The highest BCUT2D eigenvalue weighted by Crippen LogP contribution is 2.19. The van der Waals surface area contributed by atoms with Crippen molar-refractivity contribution < 1.29 is 4.79 Å². The van der Waals surface area contributed by atoms with E-state index in [1.165, 1.54) is 0 Å². The maximum atomic E-state index is 12.4. The Kier molecular flexibility index (Phi) is 6.43. The molecule has 2 aliphatic rings. The summed E-state index contributed by atoms with van der Waals surface area (Å²) in [7, 11) is 0. The summed E-state index contributed by atoms with van der Waals surface area (Å²) in [5.41, 5.74) is 0. The molecule has 120 valence electrons. The van der Waals surface area contributed by atoms with E-state index in [-0.39, 0.29) is 36.8 Å². The molecule has 1 fully saturated rings. The summed E-state index contributed by atoms with van der Waals surface area (Å²) in [6, 6.07) is 0.0130. The number of fused-ring (bicyclic) bond motifs is 1. The fourth-order valence-corrected chi connectivity index (χ4v) is 2.91. The summed E-state index contributed by atoms with van der Waals surface area (Å²) < 4.78 is 2.16. The fourth-order valence-electron chi connectivity index (χ4n) is 2.91. The van der Waals surface area contributed by atoms with E-state index in [9.17, 15) is 4.79 Å². The molecule has 1 saturated heterocycles. The van der Waals surface area contributed by atoms with Crippen molar-refractivity contribution in [1.29, 1.82) is 0 Å². The monoisotopic (exact) mass is 335 g/mol. The normalized spacial score (nSPS) is 20.7. The molecule has 0 spiro atoms. The van der Waals surface area contributed by atoms with Gasteiger partial charge in [0.1, 0.15) is 5.82 Å². The number of halogens is 2. The molecule has 6 nitrogen and oxygen atoms in total. The largest absolute Gasteiger partial charge is 0.332 e. The van der Waals surface area contributed by atoms with Crippen molar-refractivity contribution in [3.8, 4) is 0 Å². The average molecular weight is 336 g/mol. The van der Waals surface area contributed by atoms with Crippen LogP contribution in [0.5, 0.6) is 0 Å². The molecule has 8 heteroatoms. The molecule has 1 aromatic rings. The van der Waals surface area contributed by atoms with Gasteiger partial charge in [0.25, 0.3) is 0 Å². The van der Waals surface area contributed by atoms with E-state index in [0.29, 0.717) is 12.5 Å². The lowest BCUT2D eigenvalue weighted by Crippen LogP contribution is -2.46. The van der Waals surface area contributed by atoms with Crippen LogP contribution in [-0.4, -0.2) is 44.7 Å². The Morgan fingerprint density at radius 2 is 2.05 bits per heavy atom. The Morgan fingerprint density at radius 1 is 1.29 bits per heavy atom. The van der Waals surface area contributed by atoms with Crippen molar-refractivity contribution in [2.45, 2.75) is 51.7 Å². The number of carbonyl (C=O) groups is 1. The minimum Gasteiger partial charge on any atom is -0.332 e. The van der Waals surface area contributed by atoms with Gasteiger partial charge in [-0.2, -0.15) is 0 Å². The number of nitrogens with zero attached hydrogens (tertiary/aromatic N) is 4. The highest BCUT2D eigenvalue weighted by molar-refractivity contribution is 5.85. The van der Waals surface area contributed by atoms with Gasteiger partial charge in [-0.3, -0.25) is 4.79 Å². The van der Waals surface area contributed by atoms with Crippen LogP contribution in [0.1, 0.15) is 44.3 Å². The van der Waals surface area contributed by atoms with Gasteiger partial charge in [-0.1, -0.05) is 13.8 Å². The Labute approximate surface area is 137 Å². The highest BCUT2D eigenvalue weighted by Gasteiger charge is 2.30. The summed E-state index contributed by atoms with van der Waals surface area (Å²) in [6.07, 6.45) is 2.05. The molecule has 1 amide bonds. The van der Waals surface area contributed by atoms with Crippen LogP contribution in [0, 0.1) is 0 Å². The van der Waals surface area contributed by atoms with E-state index in [0.717, 1.165) is 44.1 Å². The van der Waals surface area contributed by atoms with Gasteiger partial charge >= 0.3 is 0 Å². The number of rotatable bonds is 2. The lowest BCUT2D eigenvalue weighted by atomic mass is 10.1. The second kappa shape index (κ2) is 7.42. The minimum atomic E-state index is 0. The number of aromatic nitrogens is 3. The van der Waals surface area contributed by atoms with Crippen molar-refractivity contribution in [3.05, 3.63) is 11.6 Å². The van der Waals surface area contributed by atoms with Crippen LogP contribution in [-0.2, 0) is 17.9 Å². The van der Waals surface area contributed by atoms with Crippen LogP contribution in [0.4, 0.5) is 0 Å². The summed E-state index contributed by atoms with van der Waals surface area (Å²) in [4.78, 5) is 14.3. The topological polar surface area (TPSA) is 63.1 Å². The average Bonchev–Trinajstić information content (AvgIpc) is 3.06. The first-order valence-corrected chi connectivity index (χ1v) is 7.11. The molecule has 2 aliphatic heterocycles. The zero-order valence-corrected chi connectivity index (χ0v) is 14.0. The highest BCUT2D eigenvalue weighted by atomic mass is 35.5. The molecule has 0 radical (unpaired) electrons. The van der Waals surface area contributed by atoms with Crippen molar-refractivity contribution in [3.63, 3.8) is 0 Å². The SMILES string of the molecule is CC(C)c1nnc2n1CCN(C(=O)C1CCCN1)C2.Cl.Cl. The van der Waals surface area contributed by atoms with Gasteiger partial charge in [0, 0.05) is 19.0 Å². The first-order chi connectivity index (χ1) is 9.16. The van der Waals surface area contributed by atoms with Crippen LogP contribution < -0.4 is 5.32 Å². The lowest BCUT2D eigenvalue weighted by molar-refractivity contribution is -0.134. The zero-order chi connectivity index (χ0) is 13.4. The molecule has 1 unspecified atom stereocenters. The molecule has 21 heavy (non-hydrogen) atoms. The predicted octanol–water partition coefficient (Wildman–Crippen LogP) is 1.34. The first kappa shape index (κ1) is 18.2. The van der Waals surface area contributed by atoms with Gasteiger partial charge in [0.2, 0.25) is 5.91 Å². The quantitative estimate of drug-likeness (QED) is 0.885. The summed E-state index contributed by atoms with van der Waals surface area (Å²) in [6.45, 7) is 7.37. The molecule has 3 heterocycles. The third-order valence-electron chi connectivity index (χ3n) is 3.97. The maximum absolute atomic E-state index is 12.4. The smallest absolute Gasteiger partial charge is 0.240 e. The Hall–Kier alpha value is -0.850. The van der Waals surface area contributed by atoms with Crippen LogP contribution in [0.3, 0.4) is 0 Å². The molecule has 0 aromatic carbocycles. The molecule has 3 rings (SSSR count). The Morgan fingerprint density at radius 3 is 2.67 bits per heavy atom. The van der Waals surface area contributed by atoms with Gasteiger partial charge in [-0.15, -0.1) is 35.0 Å². The van der Waals surface area contributed by atoms with Gasteiger partial charge < -0.3 is 14.8 Å². The van der Waals surface area contributed by atoms with E-state index in [1.807, 2.05) is 4.90 Å². The van der Waals surface area contributed by atoms with Gasteiger partial charge in [0.15, 0.2) is 5.82 Å². The van der Waals surface area contributed by atoms with Gasteiger partial charge in [-0.05, 0) is 19.4 Å². The molecular weight excluding hydrogens is 313 g/mol. The van der Waals surface area contributed by atoms with Crippen LogP contribution >= 0.6 is 24.8 Å². The number of nitrogens with one attached hydrogen (secondary N) is 1. The van der Waals surface area contributed by atoms with Crippen molar-refractivity contribution in [2.75, 3.05) is 13.1 Å². The number of carbonyl (C=O) groups excluding carboxylic acids is 1. The second-order valence-electron chi connectivity index (χ2n) is 5.69. The molecular formula is C13H23Cl2N5O. The molecule has 0 bridgehead atoms. The zero-order valence-electron chi connectivity index (χ0n) is 12.4. The summed E-state index contributed by atoms with van der Waals surface area (Å²) in [5, 5.41) is 11.8. The van der Waals surface area contributed by atoms with Crippen LogP contribution in [0.2, 0.25) is 0 Å². The standard InChI is InChI=1S/C13H21N5O.2ClH/c1-9(2)12-16-15-11-8-17(6-7-18(11)12)13(19)10-4-3-5-14-10;;/h9-10,14H,3-8H2,1-2H3;2*1H. The summed E-state index contributed by atoms with van der Waals surface area (Å²) >= 11 is 0. The second-order valence-corrected chi connectivity index (χ2v) is 5.69. The molecule has 1 aromatic heterocycles. The minimum absolute atomic E-state index is 0. The van der Waals surface area contributed by atoms with Crippen LogP contribution in [0.25, 0.3) is 0 Å². The van der Waals surface area contributed by atoms with Crippen LogP contribution in [0.15, 0.2) is 0 Å². The molecule has 0 aliphatic carbocycles. The molecule has 1 N–H and O–H groups in total. The van der Waals surface area contributed by atoms with E-state index in [2.05, 4.69) is 33.9 Å².